The smallest absolute Gasteiger partial charge is 0.229 e. The molecule has 0 aromatic heterocycles. The first-order chi connectivity index (χ1) is 4.13. The van der Waals surface area contributed by atoms with E-state index in [9.17, 15) is 9.59 Å². The van der Waals surface area contributed by atoms with Crippen molar-refractivity contribution in [3.63, 3.8) is 0 Å². The molecule has 1 aliphatic rings. The van der Waals surface area contributed by atoms with E-state index in [1.165, 1.54) is 4.90 Å². The average molecular weight is 143 g/mol. The molecular weight excluding hydrogens is 134 g/mol. The second-order valence-corrected chi connectivity index (χ2v) is 3.79. The Balaban J connectivity index is 2.77. The summed E-state index contributed by atoms with van der Waals surface area (Å²) < 4.78 is 0. The summed E-state index contributed by atoms with van der Waals surface area (Å²) in [5.74, 6) is -0.0216. The summed E-state index contributed by atoms with van der Waals surface area (Å²) in [6.45, 7) is 0. The van der Waals surface area contributed by atoms with Crippen molar-refractivity contribution >= 4 is 22.1 Å². The van der Waals surface area contributed by atoms with Crippen molar-refractivity contribution in [1.82, 2.24) is 4.90 Å². The van der Waals surface area contributed by atoms with E-state index < -0.39 is 0 Å². The Hall–Kier alpha value is -0.643. The van der Waals surface area contributed by atoms with E-state index in [1.54, 1.807) is 7.05 Å². The zero-order chi connectivity index (χ0) is 7.02. The number of hydrogen-bond donors (Lipinski definition) is 0. The molecule has 1 heterocycles. The van der Waals surface area contributed by atoms with Crippen LogP contribution in [0.1, 0.15) is 6.42 Å². The number of carbonyl (C=O) groups excluding carboxylic acids is 2. The molecule has 9 heavy (non-hydrogen) atoms. The molecule has 1 unspecified atom stereocenters. The van der Waals surface area contributed by atoms with Gasteiger partial charge in [0.1, 0.15) is 0 Å². The lowest BCUT2D eigenvalue weighted by molar-refractivity contribution is -0.136. The van der Waals surface area contributed by atoms with E-state index in [-0.39, 0.29) is 17.4 Å². The summed E-state index contributed by atoms with van der Waals surface area (Å²) in [4.78, 5) is 22.8. The Labute approximate surface area is 56.4 Å². The SMILES string of the molecule is CN1C(=O)CC([SiH3])C1=O. The maximum absolute atomic E-state index is 10.9. The van der Waals surface area contributed by atoms with Gasteiger partial charge in [-0.25, -0.2) is 0 Å². The van der Waals surface area contributed by atoms with Crippen LogP contribution in [0.5, 0.6) is 0 Å². The molecule has 1 saturated heterocycles. The predicted molar refractivity (Wildman–Crippen MR) is 36.1 cm³/mol. The molecule has 0 N–H and O–H groups in total. The number of imide groups is 1. The summed E-state index contributed by atoms with van der Waals surface area (Å²) in [6, 6.07) is 0. The molecule has 1 atom stereocenters. The number of hydrogen-bond acceptors (Lipinski definition) is 2. The molecule has 50 valence electrons. The number of carbonyl (C=O) groups is 2. The van der Waals surface area contributed by atoms with Crippen molar-refractivity contribution in [3.8, 4) is 0 Å². The molecule has 1 fully saturated rings. The van der Waals surface area contributed by atoms with Gasteiger partial charge in [0.05, 0.1) is 0 Å². The van der Waals surface area contributed by atoms with Crippen molar-refractivity contribution in [2.24, 2.45) is 0 Å². The van der Waals surface area contributed by atoms with Crippen molar-refractivity contribution in [2.75, 3.05) is 7.05 Å². The van der Waals surface area contributed by atoms with E-state index in [2.05, 4.69) is 0 Å². The van der Waals surface area contributed by atoms with Gasteiger partial charge in [0.25, 0.3) is 0 Å². The highest BCUT2D eigenvalue weighted by Crippen LogP contribution is 2.18. The molecule has 1 aliphatic heterocycles. The van der Waals surface area contributed by atoms with Gasteiger partial charge in [-0.3, -0.25) is 14.5 Å². The van der Waals surface area contributed by atoms with Crippen LogP contribution in [0.4, 0.5) is 0 Å². The Morgan fingerprint density at radius 3 is 2.33 bits per heavy atom. The van der Waals surface area contributed by atoms with Crippen LogP contribution >= 0.6 is 0 Å². The summed E-state index contributed by atoms with van der Waals surface area (Å²) in [5.41, 5.74) is 0.0440. The normalized spacial score (nSPS) is 28.1. The van der Waals surface area contributed by atoms with E-state index in [1.807, 2.05) is 0 Å². The van der Waals surface area contributed by atoms with E-state index >= 15 is 0 Å². The maximum atomic E-state index is 10.9. The minimum absolute atomic E-state index is 0.00617. The zero-order valence-electron chi connectivity index (χ0n) is 5.55. The Bertz CT molecular complexity index is 168. The van der Waals surface area contributed by atoms with E-state index in [4.69, 9.17) is 0 Å². The third-order valence-electron chi connectivity index (χ3n) is 1.61. The number of nitrogens with zero attached hydrogens (tertiary/aromatic N) is 1. The quantitative estimate of drug-likeness (QED) is 0.307. The van der Waals surface area contributed by atoms with Gasteiger partial charge in [0, 0.05) is 29.3 Å². The Morgan fingerprint density at radius 1 is 1.67 bits per heavy atom. The molecule has 0 saturated carbocycles. The predicted octanol–water partition coefficient (Wildman–Crippen LogP) is -1.47. The largest absolute Gasteiger partial charge is 0.286 e. The first-order valence-corrected chi connectivity index (χ1v) is 4.09. The zero-order valence-corrected chi connectivity index (χ0v) is 7.55. The fourth-order valence-corrected chi connectivity index (χ4v) is 1.68. The molecule has 0 aromatic rings. The summed E-state index contributed by atoms with van der Waals surface area (Å²) in [7, 11) is 2.35. The third kappa shape index (κ3) is 0.895. The average Bonchev–Trinajstić information content (AvgIpc) is 1.98. The van der Waals surface area contributed by atoms with Crippen LogP contribution in [-0.2, 0) is 9.59 Å². The minimum atomic E-state index is -0.0278. The number of rotatable bonds is 0. The molecule has 1 rings (SSSR count). The van der Waals surface area contributed by atoms with Crippen LogP contribution in [0.15, 0.2) is 0 Å². The highest BCUT2D eigenvalue weighted by Gasteiger charge is 2.31. The van der Waals surface area contributed by atoms with Crippen LogP contribution in [0, 0.1) is 0 Å². The van der Waals surface area contributed by atoms with Crippen LogP contribution in [0.2, 0.25) is 5.54 Å². The highest BCUT2D eigenvalue weighted by atomic mass is 28.1. The van der Waals surface area contributed by atoms with Gasteiger partial charge < -0.3 is 0 Å². The van der Waals surface area contributed by atoms with Crippen molar-refractivity contribution in [1.29, 1.82) is 0 Å². The molecule has 0 aromatic carbocycles. The van der Waals surface area contributed by atoms with Crippen LogP contribution in [0.3, 0.4) is 0 Å². The summed E-state index contributed by atoms with van der Waals surface area (Å²) >= 11 is 0. The lowest BCUT2D eigenvalue weighted by atomic mass is 10.3. The van der Waals surface area contributed by atoms with E-state index in [0.29, 0.717) is 6.42 Å². The molecular formula is C5H9NO2Si. The summed E-state index contributed by atoms with van der Waals surface area (Å²) in [6.07, 6.45) is 0.446. The molecule has 0 spiro atoms. The Morgan fingerprint density at radius 2 is 2.22 bits per heavy atom. The molecule has 0 radical (unpaired) electrons. The highest BCUT2D eigenvalue weighted by molar-refractivity contribution is 6.29. The molecule has 2 amide bonds. The van der Waals surface area contributed by atoms with Crippen LogP contribution < -0.4 is 0 Å². The van der Waals surface area contributed by atoms with Crippen molar-refractivity contribution < 1.29 is 9.59 Å². The fourth-order valence-electron chi connectivity index (χ4n) is 0.940. The monoisotopic (exact) mass is 143 g/mol. The molecule has 0 bridgehead atoms. The van der Waals surface area contributed by atoms with Gasteiger partial charge in [-0.1, -0.05) is 0 Å². The lowest BCUT2D eigenvalue weighted by Gasteiger charge is -2.03. The second-order valence-electron chi connectivity index (χ2n) is 2.40. The topological polar surface area (TPSA) is 37.4 Å². The standard InChI is InChI=1S/C5H9NO2Si/c1-6-4(7)2-3(9)5(6)8/h3H,2H2,1,9H3. The summed E-state index contributed by atoms with van der Waals surface area (Å²) in [5, 5.41) is 0. The Kier molecular flexibility index (Phi) is 1.40. The van der Waals surface area contributed by atoms with Gasteiger partial charge in [-0.2, -0.15) is 0 Å². The first-order valence-electron chi connectivity index (χ1n) is 2.93. The van der Waals surface area contributed by atoms with Crippen molar-refractivity contribution in [2.45, 2.75) is 12.0 Å². The number of amides is 2. The maximum Gasteiger partial charge on any atom is 0.229 e. The molecule has 0 aliphatic carbocycles. The van der Waals surface area contributed by atoms with E-state index in [0.717, 1.165) is 10.2 Å². The molecule has 4 heteroatoms. The lowest BCUT2D eigenvalue weighted by Crippen LogP contribution is -2.24. The van der Waals surface area contributed by atoms with Gasteiger partial charge in [-0.05, 0) is 0 Å². The van der Waals surface area contributed by atoms with Gasteiger partial charge >= 0.3 is 0 Å². The van der Waals surface area contributed by atoms with Crippen LogP contribution in [0.25, 0.3) is 0 Å². The minimum Gasteiger partial charge on any atom is -0.286 e. The van der Waals surface area contributed by atoms with Gasteiger partial charge in [0.2, 0.25) is 11.8 Å². The van der Waals surface area contributed by atoms with Crippen molar-refractivity contribution in [3.05, 3.63) is 0 Å². The first kappa shape index (κ1) is 6.48. The fraction of sp³-hybridized carbons (Fsp3) is 0.600. The van der Waals surface area contributed by atoms with Gasteiger partial charge in [-0.15, -0.1) is 0 Å². The second kappa shape index (κ2) is 1.95. The van der Waals surface area contributed by atoms with Gasteiger partial charge in [0.15, 0.2) is 0 Å². The third-order valence-corrected chi connectivity index (χ3v) is 2.51. The van der Waals surface area contributed by atoms with Crippen LogP contribution in [-0.4, -0.2) is 34.0 Å². The molecule has 3 nitrogen and oxygen atoms in total. The number of likely N-dealkylation sites (tertiary alicyclic amines) is 1.